The van der Waals surface area contributed by atoms with E-state index < -0.39 is 155 Å². The fraction of sp³-hybridized carbons (Fsp3) is 0.812. The van der Waals surface area contributed by atoms with Gasteiger partial charge >= 0.3 is 0 Å². The van der Waals surface area contributed by atoms with E-state index in [-0.39, 0.29) is 69.0 Å². The van der Waals surface area contributed by atoms with Crippen molar-refractivity contribution in [2.45, 2.75) is 243 Å². The normalized spacial score (nSPS) is 26.3. The van der Waals surface area contributed by atoms with E-state index in [9.17, 15) is 29.1 Å². The molecule has 0 bridgehead atoms. The third kappa shape index (κ3) is 24.5. The summed E-state index contributed by atoms with van der Waals surface area (Å²) >= 11 is 0. The SMILES string of the molecule is CC=CC[C@@H](C)[C@@H](O)[C@H]1C(=O)N[C@@H](CC)C(=O)N(C)[C@H](COCCN(CC)CC)C(=O)N(C)[C@@H](CC(C)C)C(=O)N[C@@H](C(C)C)C(=O)N(C)[C@@H](CC(C)C)C(=O)N[C@@H](C)C(=O)N[C@H](C)C(=O)N(C)[C@@H](CC(C)C)C(=O)N(C)[C@@H](CC(C)C)C(=O)N(C)[C@@H](C(C)C)C(=O)N1C. The van der Waals surface area contributed by atoms with Crippen LogP contribution in [0.2, 0.25) is 0 Å². The van der Waals surface area contributed by atoms with Crippen LogP contribution in [0.25, 0.3) is 0 Å². The highest BCUT2D eigenvalue weighted by Gasteiger charge is 2.46. The Morgan fingerprint density at radius 3 is 1.31 bits per heavy atom. The first-order valence-corrected chi connectivity index (χ1v) is 34.3. The molecule has 0 saturated carbocycles. The van der Waals surface area contributed by atoms with Crippen LogP contribution in [0.3, 0.4) is 0 Å². The van der Waals surface area contributed by atoms with E-state index in [0.717, 1.165) is 18.0 Å². The number of hydrogen-bond acceptors (Lipinski definition) is 14. The Balaban J connectivity index is 4.55. The Bertz CT molecular complexity index is 2520. The molecular weight excluding hydrogens is 1200 g/mol. The number of carbonyl (C=O) groups is 11. The minimum atomic E-state index is -1.65. The van der Waals surface area contributed by atoms with Gasteiger partial charge in [0.05, 0.1) is 19.3 Å². The molecule has 0 unspecified atom stereocenters. The van der Waals surface area contributed by atoms with Crippen molar-refractivity contribution in [3.8, 4) is 0 Å². The molecule has 25 nitrogen and oxygen atoms in total. The lowest BCUT2D eigenvalue weighted by molar-refractivity contribution is -0.157. The molecule has 0 radical (unpaired) electrons. The van der Waals surface area contributed by atoms with Crippen molar-refractivity contribution < 1.29 is 62.6 Å². The summed E-state index contributed by atoms with van der Waals surface area (Å²) in [6.45, 7) is 35.7. The zero-order valence-corrected chi connectivity index (χ0v) is 62.3. The fourth-order valence-electron chi connectivity index (χ4n) is 11.9. The van der Waals surface area contributed by atoms with E-state index in [1.54, 1.807) is 54.5 Å². The molecule has 25 heteroatoms. The largest absolute Gasteiger partial charge is 0.390 e. The highest BCUT2D eigenvalue weighted by Crippen LogP contribution is 2.26. The zero-order valence-electron chi connectivity index (χ0n) is 62.3. The number of allylic oxidation sites excluding steroid dienone is 2. The van der Waals surface area contributed by atoms with Crippen molar-refractivity contribution in [2.24, 2.45) is 41.4 Å². The van der Waals surface area contributed by atoms with Crippen LogP contribution in [0, 0.1) is 41.4 Å². The van der Waals surface area contributed by atoms with Crippen LogP contribution in [0.15, 0.2) is 12.2 Å². The molecule has 540 valence electrons. The minimum absolute atomic E-state index is 0.0232. The summed E-state index contributed by atoms with van der Waals surface area (Å²) < 4.78 is 6.20. The molecule has 0 aliphatic carbocycles. The molecule has 13 atom stereocenters. The van der Waals surface area contributed by atoms with Crippen LogP contribution in [-0.4, -0.2) is 264 Å². The quantitative estimate of drug-likeness (QED) is 0.0757. The lowest BCUT2D eigenvalue weighted by atomic mass is 9.91. The molecule has 0 aromatic carbocycles. The van der Waals surface area contributed by atoms with E-state index >= 15 is 28.8 Å². The Labute approximate surface area is 564 Å². The van der Waals surface area contributed by atoms with E-state index in [4.69, 9.17) is 4.74 Å². The first-order valence-electron chi connectivity index (χ1n) is 34.3. The van der Waals surface area contributed by atoms with Crippen LogP contribution in [0.5, 0.6) is 0 Å². The molecule has 11 amide bonds. The van der Waals surface area contributed by atoms with Crippen LogP contribution in [-0.2, 0) is 57.5 Å². The molecule has 5 N–H and O–H groups in total. The van der Waals surface area contributed by atoms with Gasteiger partial charge in [-0.05, 0) is 114 Å². The number of nitrogens with one attached hydrogen (secondary N) is 4. The standard InChI is InChI=1S/C69H126N12O13/c1-27-31-32-46(17)58(82)57-62(86)72-49(28-2)64(88)78(24)54(39-94-34-33-81(29-3)30-4)67(91)74(20)51(36-41(7)8)61(85)73-55(44(13)14)68(92)75(21)50(35-40(5)6)60(84)70-47(18)59(83)71-48(19)63(87)76(22)52(37-42(9)10)65(89)77(23)53(38-43(11)12)66(90)79(25)56(45(15)16)69(93)80(57)26/h27,31,40-58,82H,28-30,32-39H2,1-26H3,(H,70,84)(H,71,83)(H,72,86)(H,73,85)/t46-,47+,48-,49+,50+,51+,52+,53+,54-,55+,56+,57+,58-/m1/s1. The maximum Gasteiger partial charge on any atom is 0.248 e. The predicted octanol–water partition coefficient (Wildman–Crippen LogP) is 4.00. The Hall–Kier alpha value is -6.21. The van der Waals surface area contributed by atoms with Gasteiger partial charge in [-0.2, -0.15) is 0 Å². The predicted molar refractivity (Wildman–Crippen MR) is 366 cm³/mol. The Morgan fingerprint density at radius 2 is 0.862 bits per heavy atom. The second-order valence-corrected chi connectivity index (χ2v) is 28.4. The zero-order chi connectivity index (χ0) is 72.7. The average molecular weight is 1330 g/mol. The number of aliphatic hydroxyl groups excluding tert-OH is 1. The molecule has 0 aromatic heterocycles. The highest BCUT2D eigenvalue weighted by molar-refractivity contribution is 6.00. The summed E-state index contributed by atoms with van der Waals surface area (Å²) in [5.74, 6) is -10.1. The van der Waals surface area contributed by atoms with Gasteiger partial charge in [0.25, 0.3) is 0 Å². The van der Waals surface area contributed by atoms with E-state index in [1.165, 1.54) is 92.6 Å². The lowest BCUT2D eigenvalue weighted by Crippen LogP contribution is -2.64. The monoisotopic (exact) mass is 1330 g/mol. The number of nitrogens with zero attached hydrogens (tertiary/aromatic N) is 8. The molecule has 1 heterocycles. The van der Waals surface area contributed by atoms with Crippen molar-refractivity contribution >= 4 is 65.0 Å². The smallest absolute Gasteiger partial charge is 0.248 e. The van der Waals surface area contributed by atoms with Gasteiger partial charge in [0.1, 0.15) is 66.5 Å². The second-order valence-electron chi connectivity index (χ2n) is 28.4. The molecule has 1 rings (SSSR count). The summed E-state index contributed by atoms with van der Waals surface area (Å²) in [5, 5.41) is 23.4. The number of amides is 11. The lowest BCUT2D eigenvalue weighted by Gasteiger charge is -2.41. The van der Waals surface area contributed by atoms with Crippen LogP contribution in [0.4, 0.5) is 0 Å². The Kier molecular flexibility index (Phi) is 36.8. The Morgan fingerprint density at radius 1 is 0.457 bits per heavy atom. The summed E-state index contributed by atoms with van der Waals surface area (Å²) in [7, 11) is 9.98. The maximum atomic E-state index is 15.4. The van der Waals surface area contributed by atoms with Crippen LogP contribution >= 0.6 is 0 Å². The second kappa shape index (κ2) is 40.4. The van der Waals surface area contributed by atoms with E-state index in [1.807, 2.05) is 75.3 Å². The molecule has 1 aliphatic rings. The van der Waals surface area contributed by atoms with Gasteiger partial charge in [0.15, 0.2) is 0 Å². The molecule has 0 aromatic rings. The van der Waals surface area contributed by atoms with Crippen molar-refractivity contribution in [3.05, 3.63) is 12.2 Å². The maximum absolute atomic E-state index is 15.4. The number of ether oxygens (including phenoxy) is 1. The molecule has 1 aliphatic heterocycles. The third-order valence-electron chi connectivity index (χ3n) is 18.1. The number of hydrogen-bond donors (Lipinski definition) is 5. The highest BCUT2D eigenvalue weighted by atomic mass is 16.5. The molecule has 1 saturated heterocycles. The summed E-state index contributed by atoms with van der Waals surface area (Å²) in [4.78, 5) is 175. The topological polar surface area (TPSA) is 291 Å². The van der Waals surface area contributed by atoms with Gasteiger partial charge < -0.3 is 70.3 Å². The third-order valence-corrected chi connectivity index (χ3v) is 18.1. The van der Waals surface area contributed by atoms with E-state index in [0.29, 0.717) is 13.0 Å². The molecule has 0 spiro atoms. The summed E-state index contributed by atoms with van der Waals surface area (Å²) in [6.07, 6.45) is 2.87. The van der Waals surface area contributed by atoms with Crippen molar-refractivity contribution in [2.75, 3.05) is 82.2 Å². The summed E-state index contributed by atoms with van der Waals surface area (Å²) in [6, 6.07) is -14.1. The van der Waals surface area contributed by atoms with Gasteiger partial charge in [-0.3, -0.25) is 52.7 Å². The molecule has 1 fully saturated rings. The molecular formula is C69H126N12O13. The van der Waals surface area contributed by atoms with Gasteiger partial charge in [0.2, 0.25) is 65.0 Å². The van der Waals surface area contributed by atoms with Crippen molar-refractivity contribution in [1.82, 2.24) is 60.5 Å². The minimum Gasteiger partial charge on any atom is -0.390 e. The van der Waals surface area contributed by atoms with Crippen LogP contribution < -0.4 is 21.3 Å². The average Bonchev–Trinajstić information content (AvgIpc) is 0.858. The number of likely N-dealkylation sites (N-methyl/N-ethyl adjacent to an activating group) is 8. The van der Waals surface area contributed by atoms with Crippen LogP contribution in [0.1, 0.15) is 170 Å². The van der Waals surface area contributed by atoms with Gasteiger partial charge in [-0.15, -0.1) is 0 Å². The van der Waals surface area contributed by atoms with Crippen molar-refractivity contribution in [1.29, 1.82) is 0 Å². The number of aliphatic hydroxyl groups is 1. The van der Waals surface area contributed by atoms with Gasteiger partial charge in [0, 0.05) is 55.9 Å². The van der Waals surface area contributed by atoms with Gasteiger partial charge in [-0.25, -0.2) is 0 Å². The summed E-state index contributed by atoms with van der Waals surface area (Å²) in [5.41, 5.74) is 0. The first-order chi connectivity index (χ1) is 43.6. The molecule has 94 heavy (non-hydrogen) atoms. The van der Waals surface area contributed by atoms with Crippen molar-refractivity contribution in [3.63, 3.8) is 0 Å². The fourth-order valence-corrected chi connectivity index (χ4v) is 11.9. The van der Waals surface area contributed by atoms with Gasteiger partial charge in [-0.1, -0.05) is 123 Å². The number of rotatable bonds is 22. The van der Waals surface area contributed by atoms with E-state index in [2.05, 4.69) is 26.2 Å². The number of carbonyl (C=O) groups excluding carboxylic acids is 11. The first kappa shape index (κ1) is 85.8.